The molecule has 70 valence electrons. The molecule has 0 bridgehead atoms. The molecule has 0 aliphatic carbocycles. The molecule has 0 fully saturated rings. The van der Waals surface area contributed by atoms with Crippen molar-refractivity contribution in [3.8, 4) is 0 Å². The fraction of sp³-hybridized carbons (Fsp3) is 0.125. The summed E-state index contributed by atoms with van der Waals surface area (Å²) < 4.78 is 0. The SMILES string of the molecule is CSC(=N)N(N)c1cccc(Cl)c1. The number of hydrogen-bond donors (Lipinski definition) is 2. The molecule has 0 aromatic heterocycles. The highest BCUT2D eigenvalue weighted by molar-refractivity contribution is 8.13. The highest BCUT2D eigenvalue weighted by atomic mass is 35.5. The van der Waals surface area contributed by atoms with Crippen LogP contribution in [0, 0.1) is 5.41 Å². The van der Waals surface area contributed by atoms with Crippen molar-refractivity contribution in [1.29, 1.82) is 5.41 Å². The fourth-order valence-corrected chi connectivity index (χ4v) is 1.33. The van der Waals surface area contributed by atoms with Crippen LogP contribution in [-0.4, -0.2) is 11.4 Å². The second-order valence-electron chi connectivity index (χ2n) is 2.36. The molecule has 3 nitrogen and oxygen atoms in total. The molecule has 0 atom stereocenters. The molecule has 0 spiro atoms. The highest BCUT2D eigenvalue weighted by Gasteiger charge is 2.05. The molecule has 1 aromatic carbocycles. The lowest BCUT2D eigenvalue weighted by atomic mass is 10.3. The van der Waals surface area contributed by atoms with Crippen LogP contribution in [0.3, 0.4) is 0 Å². The standard InChI is InChI=1S/C8H10ClN3S/c1-13-8(10)12(11)7-4-2-3-6(9)5-7/h2-5,10H,11H2,1H3. The van der Waals surface area contributed by atoms with Crippen LogP contribution in [0.4, 0.5) is 5.69 Å². The topological polar surface area (TPSA) is 53.1 Å². The van der Waals surface area contributed by atoms with E-state index >= 15 is 0 Å². The highest BCUT2D eigenvalue weighted by Crippen LogP contribution is 2.18. The Balaban J connectivity index is 2.88. The Morgan fingerprint density at radius 1 is 1.62 bits per heavy atom. The van der Waals surface area contributed by atoms with Gasteiger partial charge in [0.15, 0.2) is 5.17 Å². The Kier molecular flexibility index (Phi) is 3.59. The van der Waals surface area contributed by atoms with Crippen LogP contribution < -0.4 is 10.9 Å². The summed E-state index contributed by atoms with van der Waals surface area (Å²) in [5, 5.41) is 9.65. The zero-order valence-electron chi connectivity index (χ0n) is 7.12. The van der Waals surface area contributed by atoms with Crippen LogP contribution in [0.1, 0.15) is 0 Å². The molecule has 0 saturated heterocycles. The Morgan fingerprint density at radius 2 is 2.31 bits per heavy atom. The summed E-state index contributed by atoms with van der Waals surface area (Å²) in [6.45, 7) is 0. The number of nitrogens with zero attached hydrogens (tertiary/aromatic N) is 1. The fourth-order valence-electron chi connectivity index (χ4n) is 0.842. The molecule has 0 heterocycles. The van der Waals surface area contributed by atoms with Crippen LogP contribution in [0.2, 0.25) is 5.02 Å². The third-order valence-electron chi connectivity index (χ3n) is 1.50. The molecule has 3 N–H and O–H groups in total. The Labute approximate surface area is 86.3 Å². The largest absolute Gasteiger partial charge is 0.277 e. The van der Waals surface area contributed by atoms with E-state index < -0.39 is 0 Å². The summed E-state index contributed by atoms with van der Waals surface area (Å²) in [5.74, 6) is 5.65. The van der Waals surface area contributed by atoms with E-state index in [0.29, 0.717) is 10.7 Å². The maximum Gasteiger partial charge on any atom is 0.175 e. The first-order valence-electron chi connectivity index (χ1n) is 3.58. The molecule has 1 rings (SSSR count). The molecule has 1 aromatic rings. The number of rotatable bonds is 1. The van der Waals surface area contributed by atoms with Crippen LogP contribution in [0.25, 0.3) is 0 Å². The zero-order chi connectivity index (χ0) is 9.84. The minimum Gasteiger partial charge on any atom is -0.277 e. The van der Waals surface area contributed by atoms with Gasteiger partial charge in [-0.15, -0.1) is 0 Å². The number of halogens is 1. The van der Waals surface area contributed by atoms with E-state index in [4.69, 9.17) is 22.9 Å². The van der Waals surface area contributed by atoms with E-state index in [9.17, 15) is 0 Å². The summed E-state index contributed by atoms with van der Waals surface area (Å²) in [6, 6.07) is 7.08. The maximum atomic E-state index is 7.47. The van der Waals surface area contributed by atoms with Gasteiger partial charge in [-0.3, -0.25) is 10.4 Å². The van der Waals surface area contributed by atoms with Gasteiger partial charge < -0.3 is 0 Å². The minimum atomic E-state index is 0.280. The maximum absolute atomic E-state index is 7.47. The van der Waals surface area contributed by atoms with E-state index in [-0.39, 0.29) is 5.17 Å². The van der Waals surface area contributed by atoms with Crippen molar-refractivity contribution in [1.82, 2.24) is 0 Å². The molecule has 0 amide bonds. The molecule has 5 heteroatoms. The van der Waals surface area contributed by atoms with Crippen molar-refractivity contribution in [3.63, 3.8) is 0 Å². The number of nitrogens with two attached hydrogens (primary N) is 1. The van der Waals surface area contributed by atoms with Gasteiger partial charge in [-0.1, -0.05) is 29.4 Å². The second kappa shape index (κ2) is 4.50. The van der Waals surface area contributed by atoms with Gasteiger partial charge in [0.05, 0.1) is 5.69 Å². The molecular weight excluding hydrogens is 206 g/mol. The quantitative estimate of drug-likeness (QED) is 0.327. The van der Waals surface area contributed by atoms with Gasteiger partial charge in [-0.2, -0.15) is 0 Å². The molecule has 0 aliphatic rings. The first-order chi connectivity index (χ1) is 6.15. The van der Waals surface area contributed by atoms with Crippen LogP contribution in [-0.2, 0) is 0 Å². The average Bonchev–Trinajstić information content (AvgIpc) is 2.15. The summed E-state index contributed by atoms with van der Waals surface area (Å²) in [4.78, 5) is 0. The zero-order valence-corrected chi connectivity index (χ0v) is 8.69. The summed E-state index contributed by atoms with van der Waals surface area (Å²) in [5.41, 5.74) is 0.715. The lowest BCUT2D eigenvalue weighted by Crippen LogP contribution is -2.34. The number of hydrogen-bond acceptors (Lipinski definition) is 3. The third-order valence-corrected chi connectivity index (χ3v) is 2.32. The van der Waals surface area contributed by atoms with Crippen molar-refractivity contribution >= 4 is 34.2 Å². The Hall–Kier alpha value is -0.710. The number of amidine groups is 1. The molecule has 0 unspecified atom stereocenters. The monoisotopic (exact) mass is 215 g/mol. The Morgan fingerprint density at radius 3 is 2.85 bits per heavy atom. The van der Waals surface area contributed by atoms with Gasteiger partial charge in [0.25, 0.3) is 0 Å². The molecular formula is C8H10ClN3S. The lowest BCUT2D eigenvalue weighted by molar-refractivity contribution is 1.13. The predicted octanol–water partition coefficient (Wildman–Crippen LogP) is 2.32. The van der Waals surface area contributed by atoms with Crippen molar-refractivity contribution in [2.24, 2.45) is 5.84 Å². The van der Waals surface area contributed by atoms with Gasteiger partial charge in [0, 0.05) is 5.02 Å². The molecule has 0 aliphatic heterocycles. The van der Waals surface area contributed by atoms with Crippen LogP contribution >= 0.6 is 23.4 Å². The minimum absolute atomic E-state index is 0.280. The Bertz CT molecular complexity index is 316. The number of anilines is 1. The molecule has 0 saturated carbocycles. The van der Waals surface area contributed by atoms with E-state index in [1.54, 1.807) is 30.5 Å². The van der Waals surface area contributed by atoms with Gasteiger partial charge in [-0.05, 0) is 24.5 Å². The van der Waals surface area contributed by atoms with Crippen molar-refractivity contribution in [3.05, 3.63) is 29.3 Å². The van der Waals surface area contributed by atoms with E-state index in [1.165, 1.54) is 16.8 Å². The summed E-state index contributed by atoms with van der Waals surface area (Å²) >= 11 is 7.05. The van der Waals surface area contributed by atoms with Gasteiger partial charge in [-0.25, -0.2) is 5.84 Å². The van der Waals surface area contributed by atoms with Gasteiger partial charge in [0.1, 0.15) is 0 Å². The number of nitrogens with one attached hydrogen (secondary N) is 1. The molecule has 13 heavy (non-hydrogen) atoms. The normalized spacial score (nSPS) is 9.77. The average molecular weight is 216 g/mol. The van der Waals surface area contributed by atoms with E-state index in [1.807, 2.05) is 0 Å². The number of hydrazine groups is 1. The summed E-state index contributed by atoms with van der Waals surface area (Å²) in [6.07, 6.45) is 1.80. The smallest absolute Gasteiger partial charge is 0.175 e. The first-order valence-corrected chi connectivity index (χ1v) is 5.18. The predicted molar refractivity (Wildman–Crippen MR) is 59.4 cm³/mol. The lowest BCUT2D eigenvalue weighted by Gasteiger charge is -2.17. The van der Waals surface area contributed by atoms with E-state index in [2.05, 4.69) is 0 Å². The van der Waals surface area contributed by atoms with Crippen LogP contribution in [0.15, 0.2) is 24.3 Å². The number of benzene rings is 1. The van der Waals surface area contributed by atoms with Crippen molar-refractivity contribution < 1.29 is 0 Å². The second-order valence-corrected chi connectivity index (χ2v) is 3.59. The van der Waals surface area contributed by atoms with Crippen molar-refractivity contribution in [2.75, 3.05) is 11.3 Å². The summed E-state index contributed by atoms with van der Waals surface area (Å²) in [7, 11) is 0. The van der Waals surface area contributed by atoms with Crippen molar-refractivity contribution in [2.45, 2.75) is 0 Å². The van der Waals surface area contributed by atoms with Gasteiger partial charge in [0.2, 0.25) is 0 Å². The number of thioether (sulfide) groups is 1. The molecule has 0 radical (unpaired) electrons. The van der Waals surface area contributed by atoms with E-state index in [0.717, 1.165) is 0 Å². The third kappa shape index (κ3) is 2.62. The van der Waals surface area contributed by atoms with Crippen LogP contribution in [0.5, 0.6) is 0 Å². The van der Waals surface area contributed by atoms with Gasteiger partial charge >= 0.3 is 0 Å². The first kappa shape index (κ1) is 10.4.